The molecular weight excluding hydrogens is 282 g/mol. The molecule has 3 rings (SSSR count). The van der Waals surface area contributed by atoms with Crippen LogP contribution in [0.1, 0.15) is 20.7 Å². The third kappa shape index (κ3) is 1.92. The van der Waals surface area contributed by atoms with Crippen LogP contribution in [0.25, 0.3) is 10.8 Å². The van der Waals surface area contributed by atoms with Crippen molar-refractivity contribution in [2.75, 3.05) is 6.26 Å². The van der Waals surface area contributed by atoms with Crippen molar-refractivity contribution in [3.05, 3.63) is 41.5 Å². The van der Waals surface area contributed by atoms with Crippen LogP contribution in [0.5, 0.6) is 5.75 Å². The fraction of sp³-hybridized carbons (Fsp3) is 0.0769. The Bertz CT molecular complexity index is 870. The number of rotatable bonds is 2. The molecule has 1 heterocycles. The third-order valence-electron chi connectivity index (χ3n) is 2.94. The van der Waals surface area contributed by atoms with Crippen molar-refractivity contribution < 1.29 is 22.2 Å². The molecule has 0 atom stereocenters. The predicted molar refractivity (Wildman–Crippen MR) is 71.2 cm³/mol. The first-order valence-electron chi connectivity index (χ1n) is 5.68. The fourth-order valence-electron chi connectivity index (χ4n) is 2.24. The van der Waals surface area contributed by atoms with Gasteiger partial charge in [0.15, 0.2) is 5.75 Å². The number of hydrogen-bond donors (Lipinski definition) is 1. The van der Waals surface area contributed by atoms with Gasteiger partial charge in [-0.2, -0.15) is 8.42 Å². The molecule has 6 nitrogen and oxygen atoms in total. The second-order valence-electron chi connectivity index (χ2n) is 4.42. The minimum absolute atomic E-state index is 0.0425. The Labute approximate surface area is 114 Å². The van der Waals surface area contributed by atoms with Crippen LogP contribution in [-0.2, 0) is 10.1 Å². The number of imide groups is 1. The summed E-state index contributed by atoms with van der Waals surface area (Å²) in [5.74, 6) is -1.35. The van der Waals surface area contributed by atoms with Gasteiger partial charge in [0.1, 0.15) is 0 Å². The maximum atomic E-state index is 11.9. The zero-order valence-corrected chi connectivity index (χ0v) is 11.2. The van der Waals surface area contributed by atoms with Gasteiger partial charge in [-0.05, 0) is 16.8 Å². The first-order chi connectivity index (χ1) is 9.37. The molecule has 7 heteroatoms. The van der Waals surface area contributed by atoms with Gasteiger partial charge in [-0.15, -0.1) is 0 Å². The molecule has 2 aromatic rings. The molecule has 0 radical (unpaired) electrons. The summed E-state index contributed by atoms with van der Waals surface area (Å²) in [6.45, 7) is 0. The normalized spacial score (nSPS) is 14.2. The Morgan fingerprint density at radius 3 is 2.40 bits per heavy atom. The molecule has 20 heavy (non-hydrogen) atoms. The van der Waals surface area contributed by atoms with Crippen molar-refractivity contribution in [1.29, 1.82) is 0 Å². The number of fused-ring (bicyclic) bond motifs is 3. The molecule has 0 aliphatic carbocycles. The average molecular weight is 291 g/mol. The van der Waals surface area contributed by atoms with Gasteiger partial charge in [-0.25, -0.2) is 0 Å². The molecule has 0 unspecified atom stereocenters. The first kappa shape index (κ1) is 12.6. The molecule has 2 amide bonds. The number of carbonyl (C=O) groups is 2. The lowest BCUT2D eigenvalue weighted by Gasteiger charge is -2.09. The molecule has 1 aliphatic rings. The van der Waals surface area contributed by atoms with Crippen LogP contribution in [0.15, 0.2) is 30.3 Å². The van der Waals surface area contributed by atoms with E-state index in [4.69, 9.17) is 4.18 Å². The quantitative estimate of drug-likeness (QED) is 0.660. The second-order valence-corrected chi connectivity index (χ2v) is 5.99. The van der Waals surface area contributed by atoms with Gasteiger partial charge in [0.2, 0.25) is 0 Å². The lowest BCUT2D eigenvalue weighted by atomic mass is 9.99. The van der Waals surface area contributed by atoms with Gasteiger partial charge in [-0.1, -0.05) is 24.3 Å². The van der Waals surface area contributed by atoms with E-state index in [0.29, 0.717) is 10.8 Å². The van der Waals surface area contributed by atoms with E-state index < -0.39 is 21.9 Å². The maximum Gasteiger partial charge on any atom is 0.306 e. The van der Waals surface area contributed by atoms with Gasteiger partial charge in [0.25, 0.3) is 11.8 Å². The summed E-state index contributed by atoms with van der Waals surface area (Å²) in [5, 5.41) is 3.34. The summed E-state index contributed by atoms with van der Waals surface area (Å²) >= 11 is 0. The number of carbonyl (C=O) groups excluding carboxylic acids is 2. The minimum Gasteiger partial charge on any atom is -0.382 e. The highest BCUT2D eigenvalue weighted by Crippen LogP contribution is 2.34. The van der Waals surface area contributed by atoms with Gasteiger partial charge in [0.05, 0.1) is 17.4 Å². The third-order valence-corrected chi connectivity index (χ3v) is 3.42. The standard InChI is InChI=1S/C13H9NO5S/c1-20(17,18)19-9-6-7-4-2-3-5-8(7)10-11(9)13(16)14-12(10)15/h2-6H,1H3,(H,14,15,16). The highest BCUT2D eigenvalue weighted by molar-refractivity contribution is 7.86. The fourth-order valence-corrected chi connectivity index (χ4v) is 2.70. The number of nitrogens with one attached hydrogen (secondary N) is 1. The van der Waals surface area contributed by atoms with Crippen molar-refractivity contribution in [2.24, 2.45) is 0 Å². The van der Waals surface area contributed by atoms with Crippen LogP contribution in [0, 0.1) is 0 Å². The van der Waals surface area contributed by atoms with Gasteiger partial charge >= 0.3 is 10.1 Å². The van der Waals surface area contributed by atoms with Gasteiger partial charge < -0.3 is 4.18 Å². The SMILES string of the molecule is CS(=O)(=O)Oc1cc2ccccc2c2c1C(=O)NC2=O. The zero-order valence-electron chi connectivity index (χ0n) is 10.3. The Morgan fingerprint density at radius 2 is 1.70 bits per heavy atom. The zero-order chi connectivity index (χ0) is 14.5. The van der Waals surface area contributed by atoms with Crippen LogP contribution in [0.4, 0.5) is 0 Å². The summed E-state index contributed by atoms with van der Waals surface area (Å²) < 4.78 is 27.4. The van der Waals surface area contributed by atoms with E-state index in [1.165, 1.54) is 6.07 Å². The van der Waals surface area contributed by atoms with Gasteiger partial charge in [-0.3, -0.25) is 14.9 Å². The Morgan fingerprint density at radius 1 is 1.05 bits per heavy atom. The molecule has 0 saturated heterocycles. The van der Waals surface area contributed by atoms with E-state index >= 15 is 0 Å². The van der Waals surface area contributed by atoms with E-state index in [1.807, 2.05) is 0 Å². The highest BCUT2D eigenvalue weighted by Gasteiger charge is 2.33. The van der Waals surface area contributed by atoms with Crippen molar-refractivity contribution in [1.82, 2.24) is 5.32 Å². The summed E-state index contributed by atoms with van der Waals surface area (Å²) in [4.78, 5) is 23.7. The van der Waals surface area contributed by atoms with Crippen LogP contribution >= 0.6 is 0 Å². The summed E-state index contributed by atoms with van der Waals surface area (Å²) in [5.41, 5.74) is 0.103. The van der Waals surface area contributed by atoms with Crippen molar-refractivity contribution in [3.63, 3.8) is 0 Å². The Hall–Kier alpha value is -2.41. The van der Waals surface area contributed by atoms with E-state index in [0.717, 1.165) is 6.26 Å². The molecule has 1 aliphatic heterocycles. The highest BCUT2D eigenvalue weighted by atomic mass is 32.2. The van der Waals surface area contributed by atoms with Gasteiger partial charge in [0, 0.05) is 0 Å². The maximum absolute atomic E-state index is 11.9. The van der Waals surface area contributed by atoms with E-state index in [-0.39, 0.29) is 16.9 Å². The van der Waals surface area contributed by atoms with Crippen molar-refractivity contribution in [2.45, 2.75) is 0 Å². The molecule has 1 N–H and O–H groups in total. The minimum atomic E-state index is -3.80. The summed E-state index contributed by atoms with van der Waals surface area (Å²) in [6, 6.07) is 8.31. The number of benzene rings is 2. The van der Waals surface area contributed by atoms with Crippen molar-refractivity contribution in [3.8, 4) is 5.75 Å². The topological polar surface area (TPSA) is 89.5 Å². The number of hydrogen-bond acceptors (Lipinski definition) is 5. The monoisotopic (exact) mass is 291 g/mol. The van der Waals surface area contributed by atoms with Crippen LogP contribution < -0.4 is 9.50 Å². The Kier molecular flexibility index (Phi) is 2.55. The van der Waals surface area contributed by atoms with E-state index in [9.17, 15) is 18.0 Å². The van der Waals surface area contributed by atoms with Crippen LogP contribution in [0.2, 0.25) is 0 Å². The summed E-state index contributed by atoms with van der Waals surface area (Å²) in [6.07, 6.45) is 0.878. The van der Waals surface area contributed by atoms with Crippen molar-refractivity contribution >= 4 is 32.7 Å². The van der Waals surface area contributed by atoms with Crippen LogP contribution in [-0.4, -0.2) is 26.5 Å². The molecule has 2 aromatic carbocycles. The largest absolute Gasteiger partial charge is 0.382 e. The molecular formula is C13H9NO5S. The van der Waals surface area contributed by atoms with E-state index in [1.54, 1.807) is 24.3 Å². The molecule has 102 valence electrons. The Balaban J connectivity index is 2.40. The lowest BCUT2D eigenvalue weighted by Crippen LogP contribution is -2.20. The lowest BCUT2D eigenvalue weighted by molar-refractivity contribution is 0.0880. The summed E-state index contributed by atoms with van der Waals surface area (Å²) in [7, 11) is -3.80. The molecule has 0 bridgehead atoms. The first-order valence-corrected chi connectivity index (χ1v) is 7.49. The average Bonchev–Trinajstić information content (AvgIpc) is 2.64. The molecule has 0 fully saturated rings. The molecule has 0 saturated carbocycles. The predicted octanol–water partition coefficient (Wildman–Crippen LogP) is 1.06. The molecule has 0 aromatic heterocycles. The van der Waals surface area contributed by atoms with E-state index in [2.05, 4.69) is 5.32 Å². The molecule has 0 spiro atoms. The smallest absolute Gasteiger partial charge is 0.306 e. The second kappa shape index (κ2) is 4.04. The number of amides is 2. The van der Waals surface area contributed by atoms with Crippen LogP contribution in [0.3, 0.4) is 0 Å².